The summed E-state index contributed by atoms with van der Waals surface area (Å²) in [7, 11) is 0. The van der Waals surface area contributed by atoms with Crippen LogP contribution in [0.15, 0.2) is 42.5 Å². The largest absolute Gasteiger partial charge is 0.444 e. The van der Waals surface area contributed by atoms with E-state index in [1.54, 1.807) is 39.0 Å². The highest BCUT2D eigenvalue weighted by Gasteiger charge is 2.28. The molecule has 4 rings (SSSR count). The first kappa shape index (κ1) is 27.8. The third-order valence-corrected chi connectivity index (χ3v) is 6.40. The Morgan fingerprint density at radius 1 is 1.10 bits per heavy atom. The molecular formula is C29H34FN5O4. The van der Waals surface area contributed by atoms with E-state index in [1.807, 2.05) is 26.0 Å². The van der Waals surface area contributed by atoms with Gasteiger partial charge in [0.25, 0.3) is 0 Å². The number of nitrogens with zero attached hydrogens (tertiary/aromatic N) is 3. The van der Waals surface area contributed by atoms with Crippen LogP contribution in [0.5, 0.6) is 5.75 Å². The summed E-state index contributed by atoms with van der Waals surface area (Å²) >= 11 is 0. The highest BCUT2D eigenvalue weighted by Crippen LogP contribution is 2.37. The van der Waals surface area contributed by atoms with Crippen molar-refractivity contribution in [3.05, 3.63) is 70.7 Å². The number of esters is 1. The van der Waals surface area contributed by atoms with Crippen LogP contribution in [0, 0.1) is 19.7 Å². The van der Waals surface area contributed by atoms with Gasteiger partial charge in [-0.15, -0.1) is 0 Å². The van der Waals surface area contributed by atoms with E-state index in [0.29, 0.717) is 17.4 Å². The number of hydrogen-bond donors (Lipinski definition) is 2. The van der Waals surface area contributed by atoms with Gasteiger partial charge in [-0.3, -0.25) is 0 Å². The molecule has 9 nitrogen and oxygen atoms in total. The second-order valence-electron chi connectivity index (χ2n) is 10.5. The fraction of sp³-hybridized carbons (Fsp3) is 0.379. The average molecular weight is 536 g/mol. The molecule has 2 aromatic carbocycles. The van der Waals surface area contributed by atoms with Crippen molar-refractivity contribution in [1.29, 1.82) is 0 Å². The minimum Gasteiger partial charge on any atom is -0.444 e. The molecule has 3 aromatic rings. The minimum absolute atomic E-state index is 0.0565. The van der Waals surface area contributed by atoms with Gasteiger partial charge in [-0.1, -0.05) is 6.07 Å². The number of nitrogens with one attached hydrogen (secondary N) is 2. The molecule has 0 aliphatic carbocycles. The quantitative estimate of drug-likeness (QED) is 0.314. The Kier molecular flexibility index (Phi) is 8.03. The zero-order valence-corrected chi connectivity index (χ0v) is 23.1. The Labute approximate surface area is 227 Å². The first-order chi connectivity index (χ1) is 18.4. The molecule has 1 unspecified atom stereocenters. The van der Waals surface area contributed by atoms with E-state index in [4.69, 9.17) is 14.5 Å². The number of aryl methyl sites for hydroxylation is 1. The molecule has 0 saturated carbocycles. The van der Waals surface area contributed by atoms with Crippen molar-refractivity contribution in [3.63, 3.8) is 0 Å². The van der Waals surface area contributed by atoms with E-state index >= 15 is 0 Å². The van der Waals surface area contributed by atoms with Crippen LogP contribution in [0.3, 0.4) is 0 Å². The van der Waals surface area contributed by atoms with Crippen LogP contribution >= 0.6 is 0 Å². The van der Waals surface area contributed by atoms with Crippen LogP contribution < -0.4 is 20.3 Å². The summed E-state index contributed by atoms with van der Waals surface area (Å²) in [4.78, 5) is 35.8. The molecule has 1 atom stereocenters. The molecule has 39 heavy (non-hydrogen) atoms. The SMILES string of the molecule is Cc1nc(Nc2ccc(F)cc2)nc(N2CCc3ccc(OC(=O)CNC(=O)OC(C)(C)C)cc3C2C)c1C. The number of rotatable bonds is 6. The van der Waals surface area contributed by atoms with E-state index in [0.717, 1.165) is 35.6 Å². The molecule has 1 aliphatic rings. The van der Waals surface area contributed by atoms with Gasteiger partial charge in [0.15, 0.2) is 0 Å². The summed E-state index contributed by atoms with van der Waals surface area (Å²) in [6, 6.07) is 11.6. The summed E-state index contributed by atoms with van der Waals surface area (Å²) in [5.74, 6) is 0.715. The van der Waals surface area contributed by atoms with Gasteiger partial charge < -0.3 is 25.0 Å². The number of carbonyl (C=O) groups excluding carboxylic acids is 2. The zero-order valence-electron chi connectivity index (χ0n) is 23.1. The maximum absolute atomic E-state index is 13.3. The first-order valence-electron chi connectivity index (χ1n) is 12.8. The van der Waals surface area contributed by atoms with E-state index in [9.17, 15) is 14.0 Å². The van der Waals surface area contributed by atoms with Gasteiger partial charge in [-0.25, -0.2) is 19.0 Å². The Morgan fingerprint density at radius 2 is 1.82 bits per heavy atom. The zero-order chi connectivity index (χ0) is 28.3. The lowest BCUT2D eigenvalue weighted by molar-refractivity contribution is -0.133. The van der Waals surface area contributed by atoms with Gasteiger partial charge in [0.05, 0.1) is 6.04 Å². The fourth-order valence-corrected chi connectivity index (χ4v) is 4.38. The molecule has 0 bridgehead atoms. The van der Waals surface area contributed by atoms with E-state index in [-0.39, 0.29) is 18.4 Å². The minimum atomic E-state index is -0.682. The van der Waals surface area contributed by atoms with Gasteiger partial charge in [-0.2, -0.15) is 4.98 Å². The number of hydrogen-bond acceptors (Lipinski definition) is 8. The molecule has 2 N–H and O–H groups in total. The number of aromatic nitrogens is 2. The van der Waals surface area contributed by atoms with Gasteiger partial charge >= 0.3 is 12.1 Å². The number of benzene rings is 2. The van der Waals surface area contributed by atoms with Crippen LogP contribution in [-0.4, -0.2) is 40.7 Å². The normalized spacial score (nSPS) is 14.8. The van der Waals surface area contributed by atoms with Crippen LogP contribution in [0.1, 0.15) is 56.1 Å². The number of halogens is 1. The maximum Gasteiger partial charge on any atom is 0.408 e. The standard InChI is InChI=1S/C29H34FN5O4/c1-17-18(2)32-27(33-22-10-8-21(30)9-11-22)34-26(17)35-14-13-20-7-12-23(15-24(20)19(35)3)38-25(36)16-31-28(37)39-29(4,5)6/h7-12,15,19H,13-14,16H2,1-6H3,(H,31,37)(H,32,33,34). The number of anilines is 3. The Hall–Kier alpha value is -4.21. The molecule has 10 heteroatoms. The second kappa shape index (κ2) is 11.3. The molecule has 0 spiro atoms. The summed E-state index contributed by atoms with van der Waals surface area (Å²) in [5, 5.41) is 5.58. The number of alkyl carbamates (subject to hydrolysis) is 1. The lowest BCUT2D eigenvalue weighted by Crippen LogP contribution is -2.37. The Bertz CT molecular complexity index is 1370. The van der Waals surface area contributed by atoms with Gasteiger partial charge in [-0.05, 0) is 95.5 Å². The van der Waals surface area contributed by atoms with E-state index < -0.39 is 17.7 Å². The molecule has 2 heterocycles. The number of ether oxygens (including phenoxy) is 2. The van der Waals surface area contributed by atoms with Crippen molar-refractivity contribution in [3.8, 4) is 5.75 Å². The van der Waals surface area contributed by atoms with Crippen molar-refractivity contribution in [2.24, 2.45) is 0 Å². The molecule has 0 radical (unpaired) electrons. The maximum atomic E-state index is 13.3. The van der Waals surface area contributed by atoms with Gasteiger partial charge in [0.1, 0.15) is 29.5 Å². The lowest BCUT2D eigenvalue weighted by Gasteiger charge is -2.37. The Balaban J connectivity index is 1.49. The molecule has 1 amide bonds. The summed E-state index contributed by atoms with van der Waals surface area (Å²) in [5.41, 5.74) is 4.02. The summed E-state index contributed by atoms with van der Waals surface area (Å²) < 4.78 is 24.0. The third-order valence-electron chi connectivity index (χ3n) is 6.40. The number of fused-ring (bicyclic) bond motifs is 1. The molecule has 0 saturated heterocycles. The smallest absolute Gasteiger partial charge is 0.408 e. The third kappa shape index (κ3) is 7.01. The molecular weight excluding hydrogens is 501 g/mol. The predicted octanol–water partition coefficient (Wildman–Crippen LogP) is 5.53. The van der Waals surface area contributed by atoms with Crippen molar-refractivity contribution in [2.75, 3.05) is 23.3 Å². The lowest BCUT2D eigenvalue weighted by atomic mass is 9.93. The topological polar surface area (TPSA) is 106 Å². The van der Waals surface area contributed by atoms with Crippen molar-refractivity contribution in [1.82, 2.24) is 15.3 Å². The first-order valence-corrected chi connectivity index (χ1v) is 12.8. The van der Waals surface area contributed by atoms with Crippen LogP contribution in [0.2, 0.25) is 0 Å². The van der Waals surface area contributed by atoms with Crippen LogP contribution in [-0.2, 0) is 16.0 Å². The Morgan fingerprint density at radius 3 is 2.51 bits per heavy atom. The highest BCUT2D eigenvalue weighted by atomic mass is 19.1. The monoisotopic (exact) mass is 535 g/mol. The van der Waals surface area contributed by atoms with Crippen molar-refractivity contribution >= 4 is 29.5 Å². The highest BCUT2D eigenvalue weighted by molar-refractivity contribution is 5.79. The fourth-order valence-electron chi connectivity index (χ4n) is 4.38. The van der Waals surface area contributed by atoms with E-state index in [2.05, 4.69) is 27.4 Å². The van der Waals surface area contributed by atoms with E-state index in [1.165, 1.54) is 17.7 Å². The molecule has 1 aromatic heterocycles. The van der Waals surface area contributed by atoms with Gasteiger partial charge in [0.2, 0.25) is 5.95 Å². The van der Waals surface area contributed by atoms with Crippen LogP contribution in [0.4, 0.5) is 26.6 Å². The molecule has 1 aliphatic heterocycles. The molecule has 206 valence electrons. The number of amides is 1. The predicted molar refractivity (Wildman–Crippen MR) is 147 cm³/mol. The van der Waals surface area contributed by atoms with Gasteiger partial charge in [0, 0.05) is 23.5 Å². The number of carbonyl (C=O) groups is 2. The summed E-state index contributed by atoms with van der Waals surface area (Å²) in [6.07, 6.45) is 0.107. The molecule has 0 fully saturated rings. The summed E-state index contributed by atoms with van der Waals surface area (Å²) in [6.45, 7) is 11.7. The van der Waals surface area contributed by atoms with Crippen LogP contribution in [0.25, 0.3) is 0 Å². The van der Waals surface area contributed by atoms with Crippen molar-refractivity contribution in [2.45, 2.75) is 59.6 Å². The van der Waals surface area contributed by atoms with Crippen molar-refractivity contribution < 1.29 is 23.5 Å². The average Bonchev–Trinajstić information content (AvgIpc) is 2.86. The second-order valence-corrected chi connectivity index (χ2v) is 10.5.